The number of fused-ring (bicyclic) bond motifs is 1. The Kier molecular flexibility index (Phi) is 5.35. The minimum Gasteiger partial charge on any atom is -0.504 e. The van der Waals surface area contributed by atoms with Gasteiger partial charge in [0, 0.05) is 5.39 Å². The van der Waals surface area contributed by atoms with Gasteiger partial charge in [-0.15, -0.1) is 0 Å². The molecule has 0 aliphatic heterocycles. The van der Waals surface area contributed by atoms with Gasteiger partial charge in [0.2, 0.25) is 0 Å². The van der Waals surface area contributed by atoms with E-state index in [4.69, 9.17) is 4.74 Å². The van der Waals surface area contributed by atoms with Crippen LogP contribution in [0.3, 0.4) is 0 Å². The normalized spacial score (nSPS) is 11.3. The third kappa shape index (κ3) is 4.06. The van der Waals surface area contributed by atoms with Crippen molar-refractivity contribution in [2.45, 2.75) is 6.61 Å². The van der Waals surface area contributed by atoms with Gasteiger partial charge in [-0.3, -0.25) is 4.79 Å². The second-order valence-electron chi connectivity index (χ2n) is 5.67. The van der Waals surface area contributed by atoms with Crippen LogP contribution in [0.15, 0.2) is 60.7 Å². The van der Waals surface area contributed by atoms with Gasteiger partial charge in [-0.25, -0.2) is 0 Å². The third-order valence-corrected chi connectivity index (χ3v) is 3.98. The van der Waals surface area contributed by atoms with Gasteiger partial charge >= 0.3 is 6.61 Å². The van der Waals surface area contributed by atoms with Crippen LogP contribution in [0.5, 0.6) is 17.2 Å². The Morgan fingerprint density at radius 1 is 1.11 bits per heavy atom. The first-order chi connectivity index (χ1) is 13.0. The molecule has 27 heavy (non-hydrogen) atoms. The van der Waals surface area contributed by atoms with Crippen LogP contribution in [0.25, 0.3) is 16.8 Å². The van der Waals surface area contributed by atoms with Crippen molar-refractivity contribution in [1.82, 2.24) is 0 Å². The lowest BCUT2D eigenvalue weighted by molar-refractivity contribution is -0.0490. The summed E-state index contributed by atoms with van der Waals surface area (Å²) in [4.78, 5) is 12.6. The smallest absolute Gasteiger partial charge is 0.387 e. The maximum atomic E-state index is 12.9. The molecule has 0 bridgehead atoms. The number of halogens is 2. The Bertz CT molecular complexity index is 1010. The molecule has 3 aromatic carbocycles. The first kappa shape index (κ1) is 18.4. The minimum absolute atomic E-state index is 0.0249. The number of ether oxygens (including phenoxy) is 2. The van der Waals surface area contributed by atoms with Gasteiger partial charge < -0.3 is 14.6 Å². The monoisotopic (exact) mass is 370 g/mol. The van der Waals surface area contributed by atoms with Crippen LogP contribution in [0.1, 0.15) is 15.9 Å². The SMILES string of the molecule is COc1cc(C=CC(=O)c2ccc3ccccc3c2OC(F)F)ccc1O. The lowest BCUT2D eigenvalue weighted by Gasteiger charge is -2.12. The number of allylic oxidation sites excluding steroid dienone is 1. The zero-order valence-corrected chi connectivity index (χ0v) is 14.4. The standard InChI is InChI=1S/C21H16F2O4/c1-26-19-12-13(7-11-18(19)25)6-10-17(24)16-9-8-14-4-2-3-5-15(14)20(16)27-21(22)23/h2-12,21,25H,1H3. The summed E-state index contributed by atoms with van der Waals surface area (Å²) in [5, 5.41) is 10.7. The van der Waals surface area contributed by atoms with Crippen molar-refractivity contribution in [1.29, 1.82) is 0 Å². The molecule has 3 aromatic rings. The Hall–Kier alpha value is -3.41. The molecule has 4 nitrogen and oxygen atoms in total. The maximum absolute atomic E-state index is 12.9. The quantitative estimate of drug-likeness (QED) is 0.487. The van der Waals surface area contributed by atoms with E-state index in [-0.39, 0.29) is 22.8 Å². The van der Waals surface area contributed by atoms with E-state index < -0.39 is 12.4 Å². The molecule has 0 fully saturated rings. The van der Waals surface area contributed by atoms with Crippen LogP contribution in [0.2, 0.25) is 0 Å². The van der Waals surface area contributed by atoms with E-state index in [2.05, 4.69) is 4.74 Å². The first-order valence-corrected chi connectivity index (χ1v) is 8.05. The largest absolute Gasteiger partial charge is 0.504 e. The summed E-state index contributed by atoms with van der Waals surface area (Å²) < 4.78 is 35.4. The van der Waals surface area contributed by atoms with E-state index in [9.17, 15) is 18.7 Å². The minimum atomic E-state index is -3.05. The van der Waals surface area contributed by atoms with Crippen molar-refractivity contribution >= 4 is 22.6 Å². The van der Waals surface area contributed by atoms with E-state index in [1.807, 2.05) is 0 Å². The predicted molar refractivity (Wildman–Crippen MR) is 98.6 cm³/mol. The van der Waals surface area contributed by atoms with Crippen molar-refractivity contribution in [3.63, 3.8) is 0 Å². The number of hydrogen-bond donors (Lipinski definition) is 1. The summed E-state index contributed by atoms with van der Waals surface area (Å²) >= 11 is 0. The van der Waals surface area contributed by atoms with E-state index in [0.717, 1.165) is 0 Å². The number of alkyl halides is 2. The summed E-state index contributed by atoms with van der Waals surface area (Å²) in [6.07, 6.45) is 2.76. The highest BCUT2D eigenvalue weighted by molar-refractivity contribution is 6.12. The molecular weight excluding hydrogens is 354 g/mol. The molecule has 6 heteroatoms. The molecule has 0 unspecified atom stereocenters. The van der Waals surface area contributed by atoms with Gasteiger partial charge in [0.25, 0.3) is 0 Å². The number of ketones is 1. The van der Waals surface area contributed by atoms with Gasteiger partial charge in [0.15, 0.2) is 17.3 Å². The highest BCUT2D eigenvalue weighted by Crippen LogP contribution is 2.32. The Morgan fingerprint density at radius 3 is 2.63 bits per heavy atom. The van der Waals surface area contributed by atoms with Gasteiger partial charge in [-0.2, -0.15) is 8.78 Å². The zero-order valence-electron chi connectivity index (χ0n) is 14.4. The molecular formula is C21H16F2O4. The molecule has 0 radical (unpaired) electrons. The second kappa shape index (κ2) is 7.86. The third-order valence-electron chi connectivity index (χ3n) is 3.98. The number of phenols is 1. The molecule has 0 heterocycles. The van der Waals surface area contributed by atoms with Gasteiger partial charge in [0.05, 0.1) is 12.7 Å². The van der Waals surface area contributed by atoms with Crippen LogP contribution in [0.4, 0.5) is 8.78 Å². The lowest BCUT2D eigenvalue weighted by atomic mass is 10.0. The average molecular weight is 370 g/mol. The van der Waals surface area contributed by atoms with Crippen LogP contribution >= 0.6 is 0 Å². The average Bonchev–Trinajstić information content (AvgIpc) is 2.67. The number of aromatic hydroxyl groups is 1. The van der Waals surface area contributed by atoms with E-state index >= 15 is 0 Å². The van der Waals surface area contributed by atoms with Crippen LogP contribution in [-0.4, -0.2) is 24.6 Å². The van der Waals surface area contributed by atoms with Gasteiger partial charge in [-0.05, 0) is 35.2 Å². The number of carbonyl (C=O) groups is 1. The molecule has 0 saturated heterocycles. The zero-order chi connectivity index (χ0) is 19.4. The van der Waals surface area contributed by atoms with Crippen molar-refractivity contribution in [2.24, 2.45) is 0 Å². The Morgan fingerprint density at radius 2 is 1.89 bits per heavy atom. The number of rotatable bonds is 6. The van der Waals surface area contributed by atoms with Crippen LogP contribution in [-0.2, 0) is 0 Å². The summed E-state index contributed by atoms with van der Waals surface area (Å²) in [6.45, 7) is -3.05. The van der Waals surface area contributed by atoms with E-state index in [0.29, 0.717) is 16.3 Å². The molecule has 0 aromatic heterocycles. The topological polar surface area (TPSA) is 55.8 Å². The van der Waals surface area contributed by atoms with Crippen molar-refractivity contribution < 1.29 is 28.2 Å². The molecule has 0 spiro atoms. The molecule has 0 atom stereocenters. The summed E-state index contributed by atoms with van der Waals surface area (Å²) in [6, 6.07) is 14.6. The lowest BCUT2D eigenvalue weighted by Crippen LogP contribution is -2.07. The van der Waals surface area contributed by atoms with Crippen LogP contribution in [0, 0.1) is 0 Å². The van der Waals surface area contributed by atoms with E-state index in [1.54, 1.807) is 42.5 Å². The molecule has 0 aliphatic carbocycles. The van der Waals surface area contributed by atoms with Crippen molar-refractivity contribution in [3.8, 4) is 17.2 Å². The van der Waals surface area contributed by atoms with E-state index in [1.165, 1.54) is 31.4 Å². The molecule has 0 aliphatic rings. The summed E-state index contributed by atoms with van der Waals surface area (Å²) in [7, 11) is 1.41. The maximum Gasteiger partial charge on any atom is 0.387 e. The number of hydrogen-bond acceptors (Lipinski definition) is 4. The fourth-order valence-corrected chi connectivity index (χ4v) is 2.71. The first-order valence-electron chi connectivity index (χ1n) is 8.05. The highest BCUT2D eigenvalue weighted by atomic mass is 19.3. The van der Waals surface area contributed by atoms with Gasteiger partial charge in [0.1, 0.15) is 5.75 Å². The second-order valence-corrected chi connectivity index (χ2v) is 5.67. The summed E-state index contributed by atoms with van der Waals surface area (Å²) in [5.74, 6) is -0.398. The number of benzene rings is 3. The van der Waals surface area contributed by atoms with Crippen LogP contribution < -0.4 is 9.47 Å². The summed E-state index contributed by atoms with van der Waals surface area (Å²) in [5.41, 5.74) is 0.645. The fraction of sp³-hybridized carbons (Fsp3) is 0.0952. The van der Waals surface area contributed by atoms with Crippen molar-refractivity contribution in [3.05, 3.63) is 71.8 Å². The number of methoxy groups -OCH3 is 1. The molecule has 0 saturated carbocycles. The Labute approximate surface area is 154 Å². The van der Waals surface area contributed by atoms with Crippen molar-refractivity contribution in [2.75, 3.05) is 7.11 Å². The number of phenolic OH excluding ortho intramolecular Hbond substituents is 1. The number of carbonyl (C=O) groups excluding carboxylic acids is 1. The molecule has 0 amide bonds. The van der Waals surface area contributed by atoms with Gasteiger partial charge in [-0.1, -0.05) is 42.5 Å². The highest BCUT2D eigenvalue weighted by Gasteiger charge is 2.17. The molecule has 3 rings (SSSR count). The fourth-order valence-electron chi connectivity index (χ4n) is 2.71. The molecule has 1 N–H and O–H groups in total. The Balaban J connectivity index is 1.97. The molecule has 138 valence electrons. The predicted octanol–water partition coefficient (Wildman–Crippen LogP) is 5.05.